The normalized spacial score (nSPS) is 11.3. The van der Waals surface area contributed by atoms with E-state index in [9.17, 15) is 9.59 Å². The number of hydrogen-bond donors (Lipinski definition) is 2. The number of fused-ring (bicyclic) bond motifs is 2. The number of aromatic nitrogens is 5. The molecule has 0 spiro atoms. The van der Waals surface area contributed by atoms with Gasteiger partial charge in [0.1, 0.15) is 17.3 Å². The molecule has 2 aromatic carbocycles. The third-order valence-electron chi connectivity index (χ3n) is 5.66. The Morgan fingerprint density at radius 2 is 1.81 bits per heavy atom. The number of nitrogens with two attached hydrogens (primary N) is 1. The molecule has 3 heterocycles. The maximum Gasteiger partial charge on any atom is 0.263 e. The van der Waals surface area contributed by atoms with E-state index in [0.717, 1.165) is 27.9 Å². The lowest BCUT2D eigenvalue weighted by atomic mass is 10.0. The van der Waals surface area contributed by atoms with Gasteiger partial charge in [-0.1, -0.05) is 36.4 Å². The van der Waals surface area contributed by atoms with Gasteiger partial charge in [0, 0.05) is 12.1 Å². The molecule has 0 amide bonds. The SMILES string of the molecule is Cc1ccccc1-n1c(Cc2nc(N)c3c(C=O)[nH]nc3n2)cc2cccc(C)c2c1=O. The second-order valence-corrected chi connectivity index (χ2v) is 7.76. The first kappa shape index (κ1) is 19.6. The van der Waals surface area contributed by atoms with Gasteiger partial charge in [-0.05, 0) is 42.5 Å². The fraction of sp³-hybridized carbons (Fsp3) is 0.125. The van der Waals surface area contributed by atoms with Crippen LogP contribution in [0.1, 0.15) is 33.1 Å². The van der Waals surface area contributed by atoms with Crippen molar-refractivity contribution in [3.63, 3.8) is 0 Å². The topological polar surface area (TPSA) is 120 Å². The van der Waals surface area contributed by atoms with Gasteiger partial charge in [0.15, 0.2) is 11.9 Å². The van der Waals surface area contributed by atoms with Crippen molar-refractivity contribution in [3.8, 4) is 5.69 Å². The predicted molar refractivity (Wildman–Crippen MR) is 123 cm³/mol. The zero-order valence-electron chi connectivity index (χ0n) is 17.6. The molecule has 5 aromatic rings. The minimum Gasteiger partial charge on any atom is -0.383 e. The average molecular weight is 424 g/mol. The van der Waals surface area contributed by atoms with Crippen LogP contribution in [-0.2, 0) is 6.42 Å². The van der Waals surface area contributed by atoms with Gasteiger partial charge < -0.3 is 5.73 Å². The Hall–Kier alpha value is -4.33. The van der Waals surface area contributed by atoms with Crippen molar-refractivity contribution in [1.29, 1.82) is 0 Å². The van der Waals surface area contributed by atoms with Crippen LogP contribution in [0.5, 0.6) is 0 Å². The van der Waals surface area contributed by atoms with Crippen LogP contribution in [0.15, 0.2) is 53.3 Å². The molecule has 158 valence electrons. The fourth-order valence-electron chi connectivity index (χ4n) is 4.15. The molecule has 0 aliphatic heterocycles. The average Bonchev–Trinajstić information content (AvgIpc) is 3.18. The van der Waals surface area contributed by atoms with Crippen LogP contribution in [0.25, 0.3) is 27.5 Å². The Balaban J connectivity index is 1.76. The molecule has 8 heteroatoms. The molecule has 0 saturated heterocycles. The summed E-state index contributed by atoms with van der Waals surface area (Å²) in [6.07, 6.45) is 0.896. The van der Waals surface area contributed by atoms with E-state index in [1.807, 2.05) is 62.4 Å². The number of anilines is 1. The minimum atomic E-state index is -0.0954. The highest BCUT2D eigenvalue weighted by Gasteiger charge is 2.18. The number of pyridine rings is 1. The second kappa shape index (κ2) is 7.42. The number of carbonyl (C=O) groups excluding carboxylic acids is 1. The van der Waals surface area contributed by atoms with Crippen molar-refractivity contribution >= 4 is 33.9 Å². The van der Waals surface area contributed by atoms with E-state index in [2.05, 4.69) is 20.2 Å². The molecule has 5 rings (SSSR count). The lowest BCUT2D eigenvalue weighted by Crippen LogP contribution is -2.24. The first-order valence-electron chi connectivity index (χ1n) is 10.1. The van der Waals surface area contributed by atoms with Crippen LogP contribution in [0.3, 0.4) is 0 Å². The summed E-state index contributed by atoms with van der Waals surface area (Å²) in [6, 6.07) is 15.5. The maximum atomic E-state index is 13.7. The molecule has 0 atom stereocenters. The maximum absolute atomic E-state index is 13.7. The molecule has 3 N–H and O–H groups in total. The quantitative estimate of drug-likeness (QED) is 0.427. The van der Waals surface area contributed by atoms with Crippen LogP contribution >= 0.6 is 0 Å². The number of aromatic amines is 1. The molecule has 0 aliphatic carbocycles. The molecule has 32 heavy (non-hydrogen) atoms. The van der Waals surface area contributed by atoms with Gasteiger partial charge in [0.2, 0.25) is 0 Å². The van der Waals surface area contributed by atoms with Crippen LogP contribution in [0.4, 0.5) is 5.82 Å². The lowest BCUT2D eigenvalue weighted by Gasteiger charge is -2.17. The van der Waals surface area contributed by atoms with Gasteiger partial charge in [-0.15, -0.1) is 0 Å². The summed E-state index contributed by atoms with van der Waals surface area (Å²) >= 11 is 0. The number of aryl methyl sites for hydroxylation is 2. The molecule has 0 unspecified atom stereocenters. The van der Waals surface area contributed by atoms with Crippen LogP contribution in [0.2, 0.25) is 0 Å². The van der Waals surface area contributed by atoms with Gasteiger partial charge in [0.05, 0.1) is 16.5 Å². The Labute approximate surface area is 182 Å². The first-order chi connectivity index (χ1) is 15.5. The van der Waals surface area contributed by atoms with Crippen LogP contribution in [-0.4, -0.2) is 31.0 Å². The van der Waals surface area contributed by atoms with Gasteiger partial charge >= 0.3 is 0 Å². The summed E-state index contributed by atoms with van der Waals surface area (Å²) < 4.78 is 1.72. The molecular weight excluding hydrogens is 404 g/mol. The number of para-hydroxylation sites is 1. The van der Waals surface area contributed by atoms with Gasteiger partial charge in [-0.2, -0.15) is 5.10 Å². The van der Waals surface area contributed by atoms with Crippen LogP contribution in [0, 0.1) is 13.8 Å². The van der Waals surface area contributed by atoms with Crippen molar-refractivity contribution < 1.29 is 4.79 Å². The van der Waals surface area contributed by atoms with Crippen molar-refractivity contribution in [2.24, 2.45) is 0 Å². The number of nitrogens with one attached hydrogen (secondary N) is 1. The van der Waals surface area contributed by atoms with E-state index < -0.39 is 0 Å². The predicted octanol–water partition coefficient (Wildman–Crippen LogP) is 3.26. The van der Waals surface area contributed by atoms with Gasteiger partial charge in [-0.25, -0.2) is 9.97 Å². The Morgan fingerprint density at radius 3 is 2.59 bits per heavy atom. The number of aldehydes is 1. The number of rotatable bonds is 4. The highest BCUT2D eigenvalue weighted by molar-refractivity contribution is 5.99. The lowest BCUT2D eigenvalue weighted by molar-refractivity contribution is 0.112. The zero-order valence-corrected chi connectivity index (χ0v) is 17.6. The Morgan fingerprint density at radius 1 is 1.03 bits per heavy atom. The number of H-pyrrole nitrogens is 1. The van der Waals surface area contributed by atoms with E-state index >= 15 is 0 Å². The van der Waals surface area contributed by atoms with Gasteiger partial charge in [-0.3, -0.25) is 19.3 Å². The molecular formula is C24H20N6O2. The van der Waals surface area contributed by atoms with Crippen molar-refractivity contribution in [2.75, 3.05) is 5.73 Å². The standard InChI is InChI=1S/C24H20N6O2/c1-13-6-3-4-9-18(13)30-16(10-15-8-5-7-14(2)20(15)24(30)32)11-19-26-22(25)21-17(12-31)28-29-23(21)27-19/h3-10,12H,11H2,1-2H3,(H3,25,26,27,28,29). The zero-order chi connectivity index (χ0) is 22.4. The highest BCUT2D eigenvalue weighted by atomic mass is 16.1. The molecule has 0 fully saturated rings. The van der Waals surface area contributed by atoms with Crippen molar-refractivity contribution in [1.82, 2.24) is 24.7 Å². The van der Waals surface area contributed by atoms with Crippen molar-refractivity contribution in [2.45, 2.75) is 20.3 Å². The smallest absolute Gasteiger partial charge is 0.263 e. The monoisotopic (exact) mass is 424 g/mol. The third kappa shape index (κ3) is 3.04. The number of benzene rings is 2. The molecule has 0 bridgehead atoms. The van der Waals surface area contributed by atoms with E-state index in [1.54, 1.807) is 4.57 Å². The Kier molecular flexibility index (Phi) is 4.55. The molecule has 0 radical (unpaired) electrons. The summed E-state index contributed by atoms with van der Waals surface area (Å²) in [5.41, 5.74) is 9.99. The Bertz CT molecular complexity index is 1580. The number of nitrogen functional groups attached to an aromatic ring is 1. The van der Waals surface area contributed by atoms with E-state index in [4.69, 9.17) is 5.73 Å². The molecule has 3 aromatic heterocycles. The molecule has 0 saturated carbocycles. The largest absolute Gasteiger partial charge is 0.383 e. The summed E-state index contributed by atoms with van der Waals surface area (Å²) in [5, 5.41) is 8.62. The van der Waals surface area contributed by atoms with Crippen LogP contribution < -0.4 is 11.3 Å². The second-order valence-electron chi connectivity index (χ2n) is 7.76. The first-order valence-corrected chi connectivity index (χ1v) is 10.1. The van der Waals surface area contributed by atoms with E-state index in [1.165, 1.54) is 0 Å². The summed E-state index contributed by atoms with van der Waals surface area (Å²) in [5.74, 6) is 0.579. The van der Waals surface area contributed by atoms with E-state index in [-0.39, 0.29) is 23.5 Å². The number of carbonyl (C=O) groups is 1. The minimum absolute atomic E-state index is 0.0954. The number of hydrogen-bond acceptors (Lipinski definition) is 6. The summed E-state index contributed by atoms with van der Waals surface area (Å²) in [7, 11) is 0. The summed E-state index contributed by atoms with van der Waals surface area (Å²) in [4.78, 5) is 33.8. The number of nitrogens with zero attached hydrogens (tertiary/aromatic N) is 4. The summed E-state index contributed by atoms with van der Waals surface area (Å²) in [6.45, 7) is 3.91. The highest BCUT2D eigenvalue weighted by Crippen LogP contribution is 2.24. The van der Waals surface area contributed by atoms with Gasteiger partial charge in [0.25, 0.3) is 5.56 Å². The third-order valence-corrected chi connectivity index (χ3v) is 5.66. The van der Waals surface area contributed by atoms with E-state index in [0.29, 0.717) is 28.5 Å². The van der Waals surface area contributed by atoms with Crippen molar-refractivity contribution in [3.05, 3.63) is 87.2 Å². The molecule has 0 aliphatic rings. The fourth-order valence-corrected chi connectivity index (χ4v) is 4.15. The molecule has 8 nitrogen and oxygen atoms in total.